The molecule has 0 atom stereocenters. The first-order valence-electron chi connectivity index (χ1n) is 6.79. The van der Waals surface area contributed by atoms with Crippen molar-refractivity contribution in [1.82, 2.24) is 0 Å². The highest BCUT2D eigenvalue weighted by atomic mass is 79.9. The Balaban J connectivity index is 2.40. The van der Waals surface area contributed by atoms with Gasteiger partial charge < -0.3 is 0 Å². The fourth-order valence-electron chi connectivity index (χ4n) is 2.47. The Bertz CT molecular complexity index is 890. The van der Waals surface area contributed by atoms with Crippen LogP contribution in [0.3, 0.4) is 0 Å². The first-order chi connectivity index (χ1) is 11.4. The smallest absolute Gasteiger partial charge is 0.0482 e. The molecule has 0 aliphatic carbocycles. The molecule has 0 radical (unpaired) electrons. The average Bonchev–Trinajstić information content (AvgIpc) is 2.59. The monoisotopic (exact) mass is 698 g/mol. The molecule has 0 aliphatic rings. The average molecular weight is 704 g/mol. The van der Waals surface area contributed by atoms with Gasteiger partial charge in [0, 0.05) is 38.0 Å². The molecular weight excluding hydrogens is 696 g/mol. The molecule has 0 unspecified atom stereocenters. The molecule has 0 fully saturated rings. The van der Waals surface area contributed by atoms with E-state index in [-0.39, 0.29) is 0 Å². The highest BCUT2D eigenvalue weighted by molar-refractivity contribution is 9.15. The van der Waals surface area contributed by atoms with Crippen LogP contribution in [0, 0.1) is 0 Å². The van der Waals surface area contributed by atoms with Gasteiger partial charge in [0.05, 0.1) is 0 Å². The van der Waals surface area contributed by atoms with Gasteiger partial charge in [-0.1, -0.05) is 58.4 Å². The van der Waals surface area contributed by atoms with Crippen LogP contribution >= 0.6 is 95.6 Å². The van der Waals surface area contributed by atoms with Crippen LogP contribution < -0.4 is 0 Å². The maximum atomic E-state index is 3.74. The third-order valence-corrected chi connectivity index (χ3v) is 10.3. The maximum Gasteiger partial charge on any atom is 0.0482 e. The van der Waals surface area contributed by atoms with E-state index >= 15 is 0 Å². The lowest BCUT2D eigenvalue weighted by atomic mass is 9.95. The van der Waals surface area contributed by atoms with Crippen molar-refractivity contribution in [2.75, 3.05) is 0 Å². The fraction of sp³-hybridized carbons (Fsp3) is 0. The molecule has 0 aliphatic heterocycles. The van der Waals surface area contributed by atoms with Crippen LogP contribution in [0.15, 0.2) is 75.4 Å². The maximum absolute atomic E-state index is 3.74. The van der Waals surface area contributed by atoms with Gasteiger partial charge in [-0.05, 0) is 96.8 Å². The van der Waals surface area contributed by atoms with E-state index in [2.05, 4.69) is 138 Å². The van der Waals surface area contributed by atoms with E-state index in [1.807, 2.05) is 6.07 Å². The zero-order valence-electron chi connectivity index (χ0n) is 11.9. The number of hydrogen-bond acceptors (Lipinski definition) is 0. The van der Waals surface area contributed by atoms with Gasteiger partial charge >= 0.3 is 0 Å². The molecule has 0 N–H and O–H groups in total. The summed E-state index contributed by atoms with van der Waals surface area (Å²) in [7, 11) is 0. The van der Waals surface area contributed by atoms with Gasteiger partial charge in [0.15, 0.2) is 0 Å². The van der Waals surface area contributed by atoms with Gasteiger partial charge in [-0.3, -0.25) is 0 Å². The molecule has 0 heterocycles. The summed E-state index contributed by atoms with van der Waals surface area (Å²) < 4.78 is 5.92. The van der Waals surface area contributed by atoms with E-state index in [1.165, 1.54) is 0 Å². The minimum atomic E-state index is 0.959. The molecule has 0 aromatic heterocycles. The highest BCUT2D eigenvalue weighted by Crippen LogP contribution is 2.51. The Morgan fingerprint density at radius 3 is 1.58 bits per heavy atom. The zero-order valence-corrected chi connectivity index (χ0v) is 21.4. The predicted octanol–water partition coefficient (Wildman–Crippen LogP) is 9.60. The number of hydrogen-bond donors (Lipinski definition) is 0. The van der Waals surface area contributed by atoms with Gasteiger partial charge in [-0.25, -0.2) is 0 Å². The summed E-state index contributed by atoms with van der Waals surface area (Å²) in [6.07, 6.45) is 0. The van der Waals surface area contributed by atoms with Crippen molar-refractivity contribution in [3.63, 3.8) is 0 Å². The lowest BCUT2D eigenvalue weighted by Crippen LogP contribution is -1.92. The van der Waals surface area contributed by atoms with Crippen LogP contribution in [-0.4, -0.2) is 0 Å². The van der Waals surface area contributed by atoms with Crippen molar-refractivity contribution < 1.29 is 0 Å². The van der Waals surface area contributed by atoms with Crippen molar-refractivity contribution in [3.8, 4) is 22.3 Å². The van der Waals surface area contributed by atoms with Gasteiger partial charge in [0.1, 0.15) is 0 Å². The summed E-state index contributed by atoms with van der Waals surface area (Å²) in [5.41, 5.74) is 4.52. The van der Waals surface area contributed by atoms with Gasteiger partial charge in [-0.2, -0.15) is 0 Å². The minimum Gasteiger partial charge on any atom is -0.0622 e. The molecule has 24 heavy (non-hydrogen) atoms. The Morgan fingerprint density at radius 1 is 0.458 bits per heavy atom. The minimum absolute atomic E-state index is 0.959. The zero-order chi connectivity index (χ0) is 17.4. The fourth-order valence-corrected chi connectivity index (χ4v) is 6.54. The summed E-state index contributed by atoms with van der Waals surface area (Å²) >= 11 is 22.1. The second kappa shape index (κ2) is 8.05. The molecule has 3 aromatic rings. The predicted molar refractivity (Wildman–Crippen MR) is 124 cm³/mol. The number of rotatable bonds is 2. The van der Waals surface area contributed by atoms with Crippen LogP contribution in [0.1, 0.15) is 0 Å². The van der Waals surface area contributed by atoms with Gasteiger partial charge in [-0.15, -0.1) is 0 Å². The van der Waals surface area contributed by atoms with Gasteiger partial charge in [0.2, 0.25) is 0 Å². The second-order valence-electron chi connectivity index (χ2n) is 4.97. The van der Waals surface area contributed by atoms with Crippen LogP contribution in [0.5, 0.6) is 0 Å². The van der Waals surface area contributed by atoms with E-state index in [9.17, 15) is 0 Å². The number of halogens is 6. The molecule has 3 aromatic carbocycles. The summed E-state index contributed by atoms with van der Waals surface area (Å²) in [4.78, 5) is 0. The highest BCUT2D eigenvalue weighted by Gasteiger charge is 2.22. The summed E-state index contributed by atoms with van der Waals surface area (Å²) in [6.45, 7) is 0. The Hall–Kier alpha value is 0.540. The summed E-state index contributed by atoms with van der Waals surface area (Å²) in [5.74, 6) is 0. The lowest BCUT2D eigenvalue weighted by Gasteiger charge is -2.18. The molecule has 122 valence electrons. The first kappa shape index (κ1) is 19.3. The van der Waals surface area contributed by atoms with Crippen molar-refractivity contribution in [3.05, 3.63) is 75.4 Å². The third kappa shape index (κ3) is 3.52. The normalized spacial score (nSPS) is 10.9. The Kier molecular flexibility index (Phi) is 6.48. The van der Waals surface area contributed by atoms with E-state index in [0.717, 1.165) is 49.1 Å². The van der Waals surface area contributed by atoms with E-state index < -0.39 is 0 Å². The Labute approximate surface area is 191 Å². The molecule has 0 saturated carbocycles. The molecule has 0 saturated heterocycles. The van der Waals surface area contributed by atoms with Crippen LogP contribution in [0.2, 0.25) is 0 Å². The second-order valence-corrected chi connectivity index (χ2v) is 9.79. The molecule has 0 spiro atoms. The SMILES string of the molecule is Brc1cccc(-c2c(Br)c(Br)c(Br)c(Br)c2Br)c1-c1ccccc1. The van der Waals surface area contributed by atoms with Crippen molar-refractivity contribution in [2.45, 2.75) is 0 Å². The topological polar surface area (TPSA) is 0 Å². The molecule has 0 nitrogen and oxygen atoms in total. The van der Waals surface area contributed by atoms with Crippen molar-refractivity contribution >= 4 is 95.6 Å². The van der Waals surface area contributed by atoms with Crippen LogP contribution in [0.4, 0.5) is 0 Å². The standard InChI is InChI=1S/C18H8Br6/c19-11-8-4-7-10(12(11)9-5-2-1-3-6-9)13-14(20)16(22)18(24)17(23)15(13)21/h1-8H. The number of benzene rings is 3. The van der Waals surface area contributed by atoms with E-state index in [0.29, 0.717) is 0 Å². The van der Waals surface area contributed by atoms with Crippen LogP contribution in [-0.2, 0) is 0 Å². The lowest BCUT2D eigenvalue weighted by molar-refractivity contribution is 1.44. The van der Waals surface area contributed by atoms with E-state index in [4.69, 9.17) is 0 Å². The summed E-state index contributed by atoms with van der Waals surface area (Å²) in [5, 5.41) is 0. The molecule has 0 amide bonds. The molecular formula is C18H8Br6. The van der Waals surface area contributed by atoms with Crippen molar-refractivity contribution in [2.24, 2.45) is 0 Å². The van der Waals surface area contributed by atoms with Crippen molar-refractivity contribution in [1.29, 1.82) is 0 Å². The largest absolute Gasteiger partial charge is 0.0622 e. The van der Waals surface area contributed by atoms with Gasteiger partial charge in [0.25, 0.3) is 0 Å². The first-order valence-corrected chi connectivity index (χ1v) is 11.5. The quantitative estimate of drug-likeness (QED) is 0.184. The summed E-state index contributed by atoms with van der Waals surface area (Å²) in [6, 6.07) is 16.6. The molecule has 3 rings (SSSR count). The third-order valence-electron chi connectivity index (χ3n) is 3.56. The molecule has 0 bridgehead atoms. The Morgan fingerprint density at radius 2 is 1.00 bits per heavy atom. The van der Waals surface area contributed by atoms with Crippen LogP contribution in [0.25, 0.3) is 22.3 Å². The van der Waals surface area contributed by atoms with E-state index in [1.54, 1.807) is 0 Å². The molecule has 6 heteroatoms.